The van der Waals surface area contributed by atoms with Crippen molar-refractivity contribution in [1.82, 2.24) is 0 Å². The summed E-state index contributed by atoms with van der Waals surface area (Å²) in [4.78, 5) is 15.6. The zero-order valence-corrected chi connectivity index (χ0v) is 46.2. The van der Waals surface area contributed by atoms with Crippen LogP contribution in [0.25, 0.3) is 0 Å². The number of allylic oxidation sites excluding steroid dienone is 2. The lowest BCUT2D eigenvalue weighted by Crippen LogP contribution is -2.62. The molecule has 0 aliphatic heterocycles. The third-order valence-corrected chi connectivity index (χ3v) is 25.5. The van der Waals surface area contributed by atoms with Crippen LogP contribution in [-0.4, -0.2) is 28.2 Å². The third kappa shape index (κ3) is 8.78. The van der Waals surface area contributed by atoms with E-state index in [1.54, 1.807) is 0 Å². The van der Waals surface area contributed by atoms with Gasteiger partial charge in [-0.3, -0.25) is 4.79 Å². The number of carbonyl (C=O) groups excluding carboxylic acids is 1. The molecule has 3 heteroatoms. The average Bonchev–Trinajstić information content (AvgIpc) is 3.83. The van der Waals surface area contributed by atoms with Crippen LogP contribution in [-0.2, 0) is 4.79 Å². The van der Waals surface area contributed by atoms with Crippen molar-refractivity contribution < 1.29 is 15.0 Å². The number of hydrogen-bond donors (Lipinski definition) is 2. The van der Waals surface area contributed by atoms with Crippen molar-refractivity contribution in [3.63, 3.8) is 0 Å². The van der Waals surface area contributed by atoms with Gasteiger partial charge in [-0.1, -0.05) is 122 Å². The van der Waals surface area contributed by atoms with Crippen LogP contribution in [0.15, 0.2) is 36.8 Å². The summed E-state index contributed by atoms with van der Waals surface area (Å²) in [6, 6.07) is 0. The molecule has 8 aliphatic rings. The molecule has 0 bridgehead atoms. The molecule has 24 atom stereocenters. The maximum Gasteiger partial charge on any atom is 0.140 e. The van der Waals surface area contributed by atoms with Gasteiger partial charge in [-0.05, 0) is 243 Å². The number of aliphatic hydroxyl groups is 2. The highest BCUT2D eigenvalue weighted by molar-refractivity contribution is 5.85. The van der Waals surface area contributed by atoms with E-state index in [9.17, 15) is 10.2 Å². The topological polar surface area (TPSA) is 57.5 Å². The zero-order chi connectivity index (χ0) is 49.2. The Bertz CT molecular complexity index is 1720. The smallest absolute Gasteiger partial charge is 0.140 e. The maximum atomic E-state index is 15.6. The highest BCUT2D eigenvalue weighted by atomic mass is 16.3. The van der Waals surface area contributed by atoms with E-state index in [0.29, 0.717) is 52.1 Å². The second kappa shape index (κ2) is 20.5. The van der Waals surface area contributed by atoms with Crippen LogP contribution in [0.1, 0.15) is 212 Å². The molecule has 0 heterocycles. The van der Waals surface area contributed by atoms with Gasteiger partial charge in [0.15, 0.2) is 0 Å². The van der Waals surface area contributed by atoms with Gasteiger partial charge < -0.3 is 10.2 Å². The van der Waals surface area contributed by atoms with Gasteiger partial charge in [0, 0.05) is 11.8 Å². The van der Waals surface area contributed by atoms with Gasteiger partial charge in [0.2, 0.25) is 0 Å². The fourth-order valence-corrected chi connectivity index (χ4v) is 22.0. The summed E-state index contributed by atoms with van der Waals surface area (Å²) in [5, 5.41) is 25.3. The molecule has 0 aromatic carbocycles. The number of carbonyl (C=O) groups is 1. The number of rotatable bonds is 16. The number of hydrogen-bond acceptors (Lipinski definition) is 3. The van der Waals surface area contributed by atoms with Crippen molar-refractivity contribution >= 4 is 5.78 Å². The van der Waals surface area contributed by atoms with Crippen molar-refractivity contribution in [2.75, 3.05) is 0 Å². The zero-order valence-electron chi connectivity index (χ0n) is 46.2. The minimum Gasteiger partial charge on any atom is -0.393 e. The summed E-state index contributed by atoms with van der Waals surface area (Å²) in [6.45, 7) is 38.3. The Morgan fingerprint density at radius 1 is 0.544 bits per heavy atom. The Morgan fingerprint density at radius 2 is 0.897 bits per heavy atom. The van der Waals surface area contributed by atoms with Gasteiger partial charge >= 0.3 is 0 Å². The van der Waals surface area contributed by atoms with E-state index in [2.05, 4.69) is 120 Å². The van der Waals surface area contributed by atoms with Gasteiger partial charge in [0.05, 0.1) is 12.2 Å². The predicted molar refractivity (Wildman–Crippen MR) is 284 cm³/mol. The van der Waals surface area contributed by atoms with Crippen molar-refractivity contribution in [2.45, 2.75) is 224 Å². The highest BCUT2D eigenvalue weighted by Gasteiger charge is 2.67. The van der Waals surface area contributed by atoms with E-state index in [1.165, 1.54) is 89.9 Å². The number of ketones is 1. The molecule has 0 saturated heterocycles. The van der Waals surface area contributed by atoms with Gasteiger partial charge in [-0.15, -0.1) is 11.5 Å². The van der Waals surface area contributed by atoms with E-state index in [0.717, 1.165) is 85.9 Å². The molecule has 0 radical (unpaired) electrons. The molecule has 8 saturated carbocycles. The van der Waals surface area contributed by atoms with E-state index >= 15 is 4.79 Å². The van der Waals surface area contributed by atoms with Crippen LogP contribution in [0.3, 0.4) is 0 Å². The highest BCUT2D eigenvalue weighted by Crippen LogP contribution is 2.72. The monoisotopic (exact) mass is 935 g/mol. The molecular weight excluding hydrogens is 829 g/mol. The summed E-state index contributed by atoms with van der Waals surface area (Å²) < 4.78 is 0. The molecule has 68 heavy (non-hydrogen) atoms. The number of aliphatic hydroxyl groups excluding tert-OH is 2. The quantitative estimate of drug-likeness (QED) is 0.152. The lowest BCUT2D eigenvalue weighted by Gasteiger charge is -2.65. The maximum absolute atomic E-state index is 15.6. The van der Waals surface area contributed by atoms with E-state index in [1.807, 2.05) is 0 Å². The first-order valence-corrected chi connectivity index (χ1v) is 29.9. The molecule has 0 aromatic heterocycles. The first-order valence-electron chi connectivity index (χ1n) is 29.9. The summed E-state index contributed by atoms with van der Waals surface area (Å²) in [5.41, 5.74) is 7.17. The predicted octanol–water partition coefficient (Wildman–Crippen LogP) is 16.4. The Labute approximate surface area is 419 Å². The second-order valence-electron chi connectivity index (χ2n) is 28.4. The second-order valence-corrected chi connectivity index (χ2v) is 28.4. The molecular formula is C65H106O3. The minimum absolute atomic E-state index is 0.00750. The molecule has 8 aliphatic carbocycles. The SMILES string of the molecule is C=C=CC1C(C(=O)C2CC[C@@]3(C)C(C2C=C=C)[C@H](O)C[C@H]2[C@@H]4CC[C@H]([C@H](C)CC[C@@H](CC)C(C)C)[C@@]4(C)CC[C@@H]23)CC[C@@]2(C)C1[C@H](O)C[C@H]1[C@@H]3CC[C@H]([C@H](C)CC[C@@H](CC)C(C)C)[C@@]3(C)CC[C@@H]12. The molecule has 3 nitrogen and oxygen atoms in total. The standard InChI is InChI=1S/C65H106O3/c1-15-19-45-47(29-33-64(13)55-31-35-62(11)51(41(9)21-23-43(17-3)39(5)6)25-27-53(62)49(55)37-57(66)59(45)64)61(68)48-30-34-65(14)56-32-36-63(12)52(42(10)22-24-44(18-4)40(7)8)26-28-54(63)50(56)38-58(67)60(65)46(48)20-16-2/h19-20,39-60,66-67H,1-2,17-18,21-38H2,3-14H3/t41-,42-,43-,44-,45?,46?,47?,48?,49+,50+,51-,52-,53+,54+,55+,56+,57-,58-,59?,60?,62-,63-,64-,65-/m1/s1. The fraction of sp³-hybridized carbons (Fsp3) is 0.892. The molecule has 6 unspecified atom stereocenters. The Hall–Kier alpha value is -1.37. The Balaban J connectivity index is 0.976. The largest absolute Gasteiger partial charge is 0.393 e. The number of fused-ring (bicyclic) bond motifs is 10. The van der Waals surface area contributed by atoms with E-state index in [-0.39, 0.29) is 46.3 Å². The van der Waals surface area contributed by atoms with Crippen molar-refractivity contribution in [1.29, 1.82) is 0 Å². The van der Waals surface area contributed by atoms with Gasteiger partial charge in [-0.25, -0.2) is 0 Å². The van der Waals surface area contributed by atoms with Crippen LogP contribution in [0.4, 0.5) is 0 Å². The first-order chi connectivity index (χ1) is 32.2. The van der Waals surface area contributed by atoms with Gasteiger partial charge in [0.1, 0.15) is 5.78 Å². The normalized spacial score (nSPS) is 48.0. The van der Waals surface area contributed by atoms with E-state index in [4.69, 9.17) is 0 Å². The fourth-order valence-electron chi connectivity index (χ4n) is 22.0. The Kier molecular flexibility index (Phi) is 16.0. The molecule has 0 amide bonds. The van der Waals surface area contributed by atoms with E-state index < -0.39 is 12.2 Å². The third-order valence-electron chi connectivity index (χ3n) is 25.5. The number of Topliss-reactive ketones (excluding diaryl/α,β-unsaturated/α-hetero) is 1. The lowest BCUT2D eigenvalue weighted by atomic mass is 9.40. The van der Waals surface area contributed by atoms with Gasteiger partial charge in [-0.2, -0.15) is 0 Å². The molecule has 8 fully saturated rings. The van der Waals surface area contributed by atoms with Crippen molar-refractivity contribution in [2.24, 2.45) is 140 Å². The summed E-state index contributed by atoms with van der Waals surface area (Å²) in [7, 11) is 0. The van der Waals surface area contributed by atoms with Crippen molar-refractivity contribution in [3.8, 4) is 0 Å². The Morgan fingerprint density at radius 3 is 1.24 bits per heavy atom. The van der Waals surface area contributed by atoms with Crippen LogP contribution < -0.4 is 0 Å². The average molecular weight is 936 g/mol. The van der Waals surface area contributed by atoms with Crippen LogP contribution >= 0.6 is 0 Å². The first kappa shape index (κ1) is 52.9. The molecule has 0 aromatic rings. The van der Waals surface area contributed by atoms with Crippen molar-refractivity contribution in [3.05, 3.63) is 36.8 Å². The summed E-state index contributed by atoms with van der Waals surface area (Å²) in [5.74, 6) is 10.0. The van der Waals surface area contributed by atoms with Crippen LogP contribution in [0.5, 0.6) is 0 Å². The summed E-state index contributed by atoms with van der Waals surface area (Å²) in [6.07, 6.45) is 27.6. The molecule has 8 rings (SSSR count). The minimum atomic E-state index is -0.416. The molecule has 2 N–H and O–H groups in total. The lowest BCUT2D eigenvalue weighted by molar-refractivity contribution is -0.189. The molecule has 0 spiro atoms. The van der Waals surface area contributed by atoms with Gasteiger partial charge in [0.25, 0.3) is 0 Å². The van der Waals surface area contributed by atoms with Crippen LogP contribution in [0.2, 0.25) is 0 Å². The van der Waals surface area contributed by atoms with Crippen LogP contribution in [0, 0.1) is 140 Å². The summed E-state index contributed by atoms with van der Waals surface area (Å²) >= 11 is 0. The molecule has 384 valence electrons.